The van der Waals surface area contributed by atoms with Crippen LogP contribution >= 0.6 is 11.6 Å². The maximum atomic E-state index is 6.60. The normalized spacial score (nSPS) is 13.2. The molecule has 0 saturated heterocycles. The summed E-state index contributed by atoms with van der Waals surface area (Å²) in [6.45, 7) is 13.3. The van der Waals surface area contributed by atoms with Crippen LogP contribution in [-0.2, 0) is 0 Å². The molecule has 1 rings (SSSR count). The lowest BCUT2D eigenvalue weighted by Crippen LogP contribution is -2.03. The SMILES string of the molecule is Cc1cc(C)c(C)c(C(Cl)CCC(C)C)c1C. The van der Waals surface area contributed by atoms with Crippen molar-refractivity contribution >= 4 is 11.6 Å². The summed E-state index contributed by atoms with van der Waals surface area (Å²) >= 11 is 6.60. The smallest absolute Gasteiger partial charge is 0.0590 e. The lowest BCUT2D eigenvalue weighted by Gasteiger charge is -2.20. The summed E-state index contributed by atoms with van der Waals surface area (Å²) < 4.78 is 0. The van der Waals surface area contributed by atoms with Crippen molar-refractivity contribution in [3.63, 3.8) is 0 Å². The molecule has 1 unspecified atom stereocenters. The Morgan fingerprint density at radius 3 is 1.82 bits per heavy atom. The van der Waals surface area contributed by atoms with Crippen LogP contribution in [0.25, 0.3) is 0 Å². The second-order valence-electron chi connectivity index (χ2n) is 5.61. The van der Waals surface area contributed by atoms with Crippen LogP contribution < -0.4 is 0 Å². The first-order chi connectivity index (χ1) is 7.84. The van der Waals surface area contributed by atoms with Gasteiger partial charge in [0.05, 0.1) is 5.38 Å². The number of halogens is 1. The number of hydrogen-bond donors (Lipinski definition) is 0. The maximum absolute atomic E-state index is 6.60. The second kappa shape index (κ2) is 5.91. The molecule has 0 fully saturated rings. The average Bonchev–Trinajstić information content (AvgIpc) is 2.24. The van der Waals surface area contributed by atoms with Gasteiger partial charge in [-0.3, -0.25) is 0 Å². The van der Waals surface area contributed by atoms with Crippen LogP contribution in [0.1, 0.15) is 59.9 Å². The van der Waals surface area contributed by atoms with Crippen molar-refractivity contribution in [1.82, 2.24) is 0 Å². The van der Waals surface area contributed by atoms with Gasteiger partial charge < -0.3 is 0 Å². The first kappa shape index (κ1) is 14.6. The Balaban J connectivity index is 3.03. The molecule has 0 aromatic heterocycles. The molecule has 0 heterocycles. The third-order valence-electron chi connectivity index (χ3n) is 3.73. The Morgan fingerprint density at radius 1 is 0.941 bits per heavy atom. The van der Waals surface area contributed by atoms with Crippen LogP contribution in [0.5, 0.6) is 0 Å². The van der Waals surface area contributed by atoms with Gasteiger partial charge in [0.15, 0.2) is 0 Å². The zero-order valence-electron chi connectivity index (χ0n) is 12.0. The van der Waals surface area contributed by atoms with E-state index >= 15 is 0 Å². The van der Waals surface area contributed by atoms with Gasteiger partial charge in [0.2, 0.25) is 0 Å². The maximum Gasteiger partial charge on any atom is 0.0590 e. The molecule has 0 bridgehead atoms. The van der Waals surface area contributed by atoms with E-state index in [1.165, 1.54) is 34.2 Å². The van der Waals surface area contributed by atoms with Gasteiger partial charge in [-0.2, -0.15) is 0 Å². The van der Waals surface area contributed by atoms with Crippen molar-refractivity contribution in [2.24, 2.45) is 5.92 Å². The lowest BCUT2D eigenvalue weighted by atomic mass is 9.90. The number of aryl methyl sites for hydroxylation is 2. The Labute approximate surface area is 111 Å². The summed E-state index contributed by atoms with van der Waals surface area (Å²) in [6, 6.07) is 2.26. The van der Waals surface area contributed by atoms with E-state index in [-0.39, 0.29) is 5.38 Å². The fourth-order valence-electron chi connectivity index (χ4n) is 2.34. The highest BCUT2D eigenvalue weighted by Gasteiger charge is 2.16. The molecule has 0 radical (unpaired) electrons. The average molecular weight is 253 g/mol. The van der Waals surface area contributed by atoms with Crippen LogP contribution in [0, 0.1) is 33.6 Å². The fraction of sp³-hybridized carbons (Fsp3) is 0.625. The summed E-state index contributed by atoms with van der Waals surface area (Å²) in [5, 5.41) is 0.163. The van der Waals surface area contributed by atoms with E-state index in [2.05, 4.69) is 47.6 Å². The molecule has 1 heteroatoms. The molecule has 0 saturated carbocycles. The Hall–Kier alpha value is -0.490. The zero-order valence-corrected chi connectivity index (χ0v) is 12.8. The highest BCUT2D eigenvalue weighted by Crippen LogP contribution is 2.34. The predicted molar refractivity (Wildman–Crippen MR) is 78.1 cm³/mol. The molecule has 1 atom stereocenters. The number of hydrogen-bond acceptors (Lipinski definition) is 0. The number of alkyl halides is 1. The zero-order chi connectivity index (χ0) is 13.2. The molecule has 0 spiro atoms. The van der Waals surface area contributed by atoms with Gasteiger partial charge in [-0.05, 0) is 74.3 Å². The molecule has 0 aliphatic rings. The van der Waals surface area contributed by atoms with Gasteiger partial charge >= 0.3 is 0 Å². The van der Waals surface area contributed by atoms with Crippen LogP contribution in [0.3, 0.4) is 0 Å². The lowest BCUT2D eigenvalue weighted by molar-refractivity contribution is 0.548. The summed E-state index contributed by atoms with van der Waals surface area (Å²) in [7, 11) is 0. The van der Waals surface area contributed by atoms with Crippen molar-refractivity contribution in [3.05, 3.63) is 33.9 Å². The summed E-state index contributed by atoms with van der Waals surface area (Å²) in [5.41, 5.74) is 6.83. The Bertz CT molecular complexity index is 365. The minimum Gasteiger partial charge on any atom is -0.118 e. The molecule has 0 amide bonds. The summed E-state index contributed by atoms with van der Waals surface area (Å²) in [5.74, 6) is 0.725. The van der Waals surface area contributed by atoms with Crippen LogP contribution in [0.4, 0.5) is 0 Å². The molecule has 0 aliphatic carbocycles. The van der Waals surface area contributed by atoms with E-state index in [0.717, 1.165) is 12.3 Å². The van der Waals surface area contributed by atoms with Crippen LogP contribution in [0.2, 0.25) is 0 Å². The van der Waals surface area contributed by atoms with Gasteiger partial charge in [0, 0.05) is 0 Å². The standard InChI is InChI=1S/C16H25Cl/c1-10(2)7-8-15(17)16-13(5)11(3)9-12(4)14(16)6/h9-10,15H,7-8H2,1-6H3. The van der Waals surface area contributed by atoms with Gasteiger partial charge in [-0.25, -0.2) is 0 Å². The first-order valence-electron chi connectivity index (χ1n) is 6.56. The third kappa shape index (κ3) is 3.48. The number of benzene rings is 1. The minimum atomic E-state index is 0.163. The number of rotatable bonds is 4. The molecule has 96 valence electrons. The Kier molecular flexibility index (Phi) is 5.06. The molecular weight excluding hydrogens is 228 g/mol. The third-order valence-corrected chi connectivity index (χ3v) is 4.17. The molecule has 0 nitrogen and oxygen atoms in total. The Morgan fingerprint density at radius 2 is 1.41 bits per heavy atom. The molecular formula is C16H25Cl. The summed E-state index contributed by atoms with van der Waals surface area (Å²) in [6.07, 6.45) is 2.27. The van der Waals surface area contributed by atoms with Crippen molar-refractivity contribution in [2.75, 3.05) is 0 Å². The van der Waals surface area contributed by atoms with Crippen molar-refractivity contribution in [3.8, 4) is 0 Å². The van der Waals surface area contributed by atoms with Crippen molar-refractivity contribution < 1.29 is 0 Å². The van der Waals surface area contributed by atoms with E-state index in [1.807, 2.05) is 0 Å². The highest BCUT2D eigenvalue weighted by molar-refractivity contribution is 6.21. The summed E-state index contributed by atoms with van der Waals surface area (Å²) in [4.78, 5) is 0. The first-order valence-corrected chi connectivity index (χ1v) is 6.99. The molecule has 17 heavy (non-hydrogen) atoms. The van der Waals surface area contributed by atoms with E-state index < -0.39 is 0 Å². The monoisotopic (exact) mass is 252 g/mol. The topological polar surface area (TPSA) is 0 Å². The minimum absolute atomic E-state index is 0.163. The quantitative estimate of drug-likeness (QED) is 0.609. The van der Waals surface area contributed by atoms with Gasteiger partial charge in [-0.1, -0.05) is 19.9 Å². The van der Waals surface area contributed by atoms with Crippen molar-refractivity contribution in [2.45, 2.75) is 59.8 Å². The highest BCUT2D eigenvalue weighted by atomic mass is 35.5. The molecule has 1 aromatic rings. The van der Waals surface area contributed by atoms with E-state index in [1.54, 1.807) is 0 Å². The fourth-order valence-corrected chi connectivity index (χ4v) is 2.79. The van der Waals surface area contributed by atoms with Gasteiger partial charge in [0.25, 0.3) is 0 Å². The second-order valence-corrected chi connectivity index (χ2v) is 6.14. The largest absolute Gasteiger partial charge is 0.118 e. The van der Waals surface area contributed by atoms with E-state index in [4.69, 9.17) is 11.6 Å². The van der Waals surface area contributed by atoms with Crippen molar-refractivity contribution in [1.29, 1.82) is 0 Å². The molecule has 0 aliphatic heterocycles. The predicted octanol–water partition coefficient (Wildman–Crippen LogP) is 5.64. The molecule has 0 N–H and O–H groups in total. The van der Waals surface area contributed by atoms with Crippen LogP contribution in [0.15, 0.2) is 6.07 Å². The van der Waals surface area contributed by atoms with Gasteiger partial charge in [-0.15, -0.1) is 11.6 Å². The molecule has 1 aromatic carbocycles. The van der Waals surface area contributed by atoms with Crippen LogP contribution in [-0.4, -0.2) is 0 Å². The van der Waals surface area contributed by atoms with E-state index in [0.29, 0.717) is 0 Å². The van der Waals surface area contributed by atoms with E-state index in [9.17, 15) is 0 Å². The van der Waals surface area contributed by atoms with Gasteiger partial charge in [0.1, 0.15) is 0 Å².